The molecule has 0 spiro atoms. The number of furan rings is 1. The van der Waals surface area contributed by atoms with Gasteiger partial charge in [-0.25, -0.2) is 4.99 Å². The lowest BCUT2D eigenvalue weighted by Crippen LogP contribution is -2.13. The molecule has 0 aliphatic carbocycles. The van der Waals surface area contributed by atoms with Crippen LogP contribution in [0.2, 0.25) is 0 Å². The van der Waals surface area contributed by atoms with Crippen molar-refractivity contribution < 1.29 is 14.0 Å². The minimum absolute atomic E-state index is 0.144. The molecule has 0 amide bonds. The second kappa shape index (κ2) is 3.72. The Balaban J connectivity index is 2.61. The zero-order valence-electron chi connectivity index (χ0n) is 8.65. The SMILES string of the molecule is CCN=c1oc2c(NCC)coc2n1O. The van der Waals surface area contributed by atoms with Crippen LogP contribution in [0.1, 0.15) is 13.8 Å². The Morgan fingerprint density at radius 2 is 2.33 bits per heavy atom. The van der Waals surface area contributed by atoms with Gasteiger partial charge in [0.1, 0.15) is 12.0 Å². The summed E-state index contributed by atoms with van der Waals surface area (Å²) in [5.74, 6) is 0. The molecule has 0 aliphatic rings. The molecule has 0 radical (unpaired) electrons. The van der Waals surface area contributed by atoms with Crippen molar-refractivity contribution in [1.82, 2.24) is 4.73 Å². The Bertz CT molecular complexity index is 520. The van der Waals surface area contributed by atoms with Crippen molar-refractivity contribution in [3.8, 4) is 0 Å². The number of hydrogen-bond donors (Lipinski definition) is 2. The number of oxazole rings is 1. The third-order valence-electron chi connectivity index (χ3n) is 1.95. The summed E-state index contributed by atoms with van der Waals surface area (Å²) in [5, 5.41) is 12.7. The van der Waals surface area contributed by atoms with Crippen molar-refractivity contribution in [3.05, 3.63) is 11.9 Å². The van der Waals surface area contributed by atoms with Crippen LogP contribution in [0.3, 0.4) is 0 Å². The van der Waals surface area contributed by atoms with E-state index in [0.717, 1.165) is 11.3 Å². The first kappa shape index (κ1) is 9.70. The molecule has 0 aromatic carbocycles. The fourth-order valence-electron chi connectivity index (χ4n) is 1.35. The fraction of sp³-hybridized carbons (Fsp3) is 0.444. The molecule has 15 heavy (non-hydrogen) atoms. The molecule has 0 saturated carbocycles. The fourth-order valence-corrected chi connectivity index (χ4v) is 1.35. The molecular weight excluding hydrogens is 198 g/mol. The number of hydrogen-bond acceptors (Lipinski definition) is 5. The average molecular weight is 211 g/mol. The number of fused-ring (bicyclic) bond motifs is 1. The quantitative estimate of drug-likeness (QED) is 0.753. The zero-order chi connectivity index (χ0) is 10.8. The molecule has 0 aliphatic heterocycles. The third kappa shape index (κ3) is 1.47. The summed E-state index contributed by atoms with van der Waals surface area (Å²) in [5.41, 5.74) is 1.60. The van der Waals surface area contributed by atoms with Gasteiger partial charge >= 0.3 is 5.68 Å². The molecule has 0 saturated heterocycles. The highest BCUT2D eigenvalue weighted by molar-refractivity contribution is 5.82. The van der Waals surface area contributed by atoms with E-state index in [1.165, 1.54) is 6.26 Å². The third-order valence-corrected chi connectivity index (χ3v) is 1.95. The Labute approximate surface area is 85.8 Å². The van der Waals surface area contributed by atoms with Crippen molar-refractivity contribution >= 4 is 17.0 Å². The number of anilines is 1. The van der Waals surface area contributed by atoms with E-state index >= 15 is 0 Å². The molecule has 2 aromatic heterocycles. The molecular formula is C9H13N3O3. The van der Waals surface area contributed by atoms with Crippen molar-refractivity contribution in [2.75, 3.05) is 18.4 Å². The minimum Gasteiger partial charge on any atom is -0.441 e. The molecule has 0 fully saturated rings. The van der Waals surface area contributed by atoms with E-state index in [9.17, 15) is 5.21 Å². The highest BCUT2D eigenvalue weighted by atomic mass is 16.5. The topological polar surface area (TPSA) is 75.8 Å². The molecule has 2 heterocycles. The summed E-state index contributed by atoms with van der Waals surface area (Å²) in [7, 11) is 0. The predicted molar refractivity (Wildman–Crippen MR) is 53.9 cm³/mol. The van der Waals surface area contributed by atoms with Crippen LogP contribution in [-0.4, -0.2) is 23.0 Å². The number of nitrogens with zero attached hydrogens (tertiary/aromatic N) is 2. The largest absolute Gasteiger partial charge is 0.441 e. The molecule has 2 N–H and O–H groups in total. The van der Waals surface area contributed by atoms with Crippen molar-refractivity contribution in [2.45, 2.75) is 13.8 Å². The second-order valence-corrected chi connectivity index (χ2v) is 2.98. The number of rotatable bonds is 3. The number of nitrogens with one attached hydrogen (secondary N) is 1. The molecule has 0 bridgehead atoms. The maximum Gasteiger partial charge on any atom is 0.334 e. The molecule has 2 rings (SSSR count). The van der Waals surface area contributed by atoms with Crippen LogP contribution in [-0.2, 0) is 0 Å². The van der Waals surface area contributed by atoms with Gasteiger partial charge in [-0.15, -0.1) is 0 Å². The lowest BCUT2D eigenvalue weighted by molar-refractivity contribution is 0.157. The van der Waals surface area contributed by atoms with Crippen LogP contribution >= 0.6 is 0 Å². The lowest BCUT2D eigenvalue weighted by Gasteiger charge is -1.93. The van der Waals surface area contributed by atoms with Crippen LogP contribution in [0.15, 0.2) is 20.1 Å². The van der Waals surface area contributed by atoms with Gasteiger partial charge < -0.3 is 19.4 Å². The van der Waals surface area contributed by atoms with Gasteiger partial charge in [0.15, 0.2) is 0 Å². The summed E-state index contributed by atoms with van der Waals surface area (Å²) in [6, 6.07) is 0. The van der Waals surface area contributed by atoms with Gasteiger partial charge in [-0.2, -0.15) is 0 Å². The van der Waals surface area contributed by atoms with E-state index in [0.29, 0.717) is 17.8 Å². The summed E-state index contributed by atoms with van der Waals surface area (Å²) < 4.78 is 11.3. The van der Waals surface area contributed by atoms with Gasteiger partial charge in [-0.3, -0.25) is 0 Å². The van der Waals surface area contributed by atoms with Crippen molar-refractivity contribution in [2.24, 2.45) is 4.99 Å². The molecule has 6 nitrogen and oxygen atoms in total. The predicted octanol–water partition coefficient (Wildman–Crippen LogP) is 1.42. The van der Waals surface area contributed by atoms with Crippen LogP contribution in [0.5, 0.6) is 0 Å². The maximum absolute atomic E-state index is 9.61. The number of aromatic nitrogens is 1. The minimum atomic E-state index is 0.144. The van der Waals surface area contributed by atoms with Crippen LogP contribution < -0.4 is 11.0 Å². The van der Waals surface area contributed by atoms with Crippen molar-refractivity contribution in [1.29, 1.82) is 0 Å². The maximum atomic E-state index is 9.61. The summed E-state index contributed by atoms with van der Waals surface area (Å²) >= 11 is 0. The summed E-state index contributed by atoms with van der Waals surface area (Å²) in [6.07, 6.45) is 1.50. The van der Waals surface area contributed by atoms with Crippen LogP contribution in [0.25, 0.3) is 11.3 Å². The normalized spacial score (nSPS) is 12.5. The first-order chi connectivity index (χ1) is 7.27. The molecule has 6 heteroatoms. The summed E-state index contributed by atoms with van der Waals surface area (Å²) in [4.78, 5) is 3.98. The van der Waals surface area contributed by atoms with Gasteiger partial charge in [-0.05, 0) is 13.8 Å². The van der Waals surface area contributed by atoms with E-state index in [-0.39, 0.29) is 11.4 Å². The van der Waals surface area contributed by atoms with Gasteiger partial charge in [0, 0.05) is 13.1 Å². The smallest absolute Gasteiger partial charge is 0.334 e. The van der Waals surface area contributed by atoms with E-state index in [1.807, 2.05) is 13.8 Å². The van der Waals surface area contributed by atoms with Gasteiger partial charge in [0.25, 0.3) is 5.71 Å². The second-order valence-electron chi connectivity index (χ2n) is 2.98. The monoisotopic (exact) mass is 211 g/mol. The zero-order valence-corrected chi connectivity index (χ0v) is 8.65. The van der Waals surface area contributed by atoms with E-state index < -0.39 is 0 Å². The Morgan fingerprint density at radius 1 is 1.53 bits per heavy atom. The van der Waals surface area contributed by atoms with Crippen LogP contribution in [0.4, 0.5) is 5.69 Å². The Hall–Kier alpha value is -1.85. The molecule has 82 valence electrons. The van der Waals surface area contributed by atoms with Crippen LogP contribution in [0, 0.1) is 0 Å². The standard InChI is InChI=1S/C9H13N3O3/c1-3-10-6-5-14-8-7(6)15-9(11-4-2)12(8)13/h5,10,13H,3-4H2,1-2H3. The van der Waals surface area contributed by atoms with E-state index in [4.69, 9.17) is 8.83 Å². The highest BCUT2D eigenvalue weighted by Gasteiger charge is 2.15. The van der Waals surface area contributed by atoms with E-state index in [2.05, 4.69) is 10.3 Å². The summed E-state index contributed by atoms with van der Waals surface area (Å²) in [6.45, 7) is 5.11. The lowest BCUT2D eigenvalue weighted by atomic mass is 10.5. The van der Waals surface area contributed by atoms with E-state index in [1.54, 1.807) is 0 Å². The average Bonchev–Trinajstić information content (AvgIpc) is 2.73. The highest BCUT2D eigenvalue weighted by Crippen LogP contribution is 2.23. The van der Waals surface area contributed by atoms with Gasteiger partial charge in [0.05, 0.1) is 0 Å². The van der Waals surface area contributed by atoms with Gasteiger partial charge in [0.2, 0.25) is 5.58 Å². The first-order valence-corrected chi connectivity index (χ1v) is 4.84. The van der Waals surface area contributed by atoms with Gasteiger partial charge in [-0.1, -0.05) is 4.73 Å². The van der Waals surface area contributed by atoms with Crippen molar-refractivity contribution in [3.63, 3.8) is 0 Å². The Kier molecular flexibility index (Phi) is 2.40. The molecule has 2 aromatic rings. The Morgan fingerprint density at radius 3 is 3.00 bits per heavy atom. The molecule has 0 atom stereocenters. The molecule has 0 unspecified atom stereocenters. The first-order valence-electron chi connectivity index (χ1n) is 4.84.